The first kappa shape index (κ1) is 18.7. The van der Waals surface area contributed by atoms with Crippen LogP contribution in [0.5, 0.6) is 0 Å². The molecule has 0 aliphatic carbocycles. The van der Waals surface area contributed by atoms with E-state index in [0.29, 0.717) is 18.0 Å². The van der Waals surface area contributed by atoms with E-state index in [-0.39, 0.29) is 17.9 Å². The van der Waals surface area contributed by atoms with Crippen LogP contribution in [0.1, 0.15) is 47.5 Å². The van der Waals surface area contributed by atoms with E-state index >= 15 is 0 Å². The van der Waals surface area contributed by atoms with Gasteiger partial charge in [0, 0.05) is 17.3 Å². The van der Waals surface area contributed by atoms with Gasteiger partial charge >= 0.3 is 0 Å². The van der Waals surface area contributed by atoms with Crippen molar-refractivity contribution in [3.63, 3.8) is 0 Å². The topological polar surface area (TPSA) is 98.4 Å². The highest BCUT2D eigenvalue weighted by Gasteiger charge is 2.31. The fraction of sp³-hybridized carbons (Fsp3) is 0.556. The van der Waals surface area contributed by atoms with Crippen molar-refractivity contribution in [2.45, 2.75) is 46.1 Å². The van der Waals surface area contributed by atoms with Crippen molar-refractivity contribution >= 4 is 33.4 Å². The highest BCUT2D eigenvalue weighted by Crippen LogP contribution is 2.34. The second-order valence-corrected chi connectivity index (χ2v) is 8.63. The van der Waals surface area contributed by atoms with Crippen LogP contribution < -0.4 is 5.73 Å². The largest absolute Gasteiger partial charge is 0.367 e. The Balaban J connectivity index is 2.00. The average Bonchev–Trinajstić information content (AvgIpc) is 2.90. The second kappa shape index (κ2) is 6.59. The molecule has 1 aliphatic heterocycles. The molecule has 2 N–H and O–H groups in total. The Bertz CT molecular complexity index is 885. The number of amides is 2. The number of carbonyl (C=O) groups is 2. The number of fused-ring (bicyclic) bond motifs is 1. The SMILES string of the molecule is Cc1nc(C(C)(C)C)nc2sc(C(=O)N3CCO[C@@H](C(N)=O)C3)c(C)c12. The summed E-state index contributed by atoms with van der Waals surface area (Å²) in [6.45, 7) is 11.0. The lowest BCUT2D eigenvalue weighted by atomic mass is 9.95. The number of morpholine rings is 1. The lowest BCUT2D eigenvalue weighted by molar-refractivity contribution is -0.133. The molecule has 1 saturated heterocycles. The van der Waals surface area contributed by atoms with Crippen LogP contribution in [0.3, 0.4) is 0 Å². The molecule has 0 aromatic carbocycles. The number of nitrogens with two attached hydrogens (primary N) is 1. The number of thiophene rings is 1. The summed E-state index contributed by atoms with van der Waals surface area (Å²) in [4.78, 5) is 36.8. The summed E-state index contributed by atoms with van der Waals surface area (Å²) in [5.74, 6) is 0.103. The van der Waals surface area contributed by atoms with E-state index in [1.54, 1.807) is 4.90 Å². The number of rotatable bonds is 2. The maximum Gasteiger partial charge on any atom is 0.264 e. The summed E-state index contributed by atoms with van der Waals surface area (Å²) in [5, 5.41) is 0.936. The van der Waals surface area contributed by atoms with Crippen molar-refractivity contribution in [1.82, 2.24) is 14.9 Å². The van der Waals surface area contributed by atoms with Crippen LogP contribution in [0.15, 0.2) is 0 Å². The second-order valence-electron chi connectivity index (χ2n) is 7.63. The van der Waals surface area contributed by atoms with Gasteiger partial charge in [0.15, 0.2) is 6.10 Å². The molecule has 3 heterocycles. The summed E-state index contributed by atoms with van der Waals surface area (Å²) in [6.07, 6.45) is -0.753. The summed E-state index contributed by atoms with van der Waals surface area (Å²) >= 11 is 1.38. The predicted molar refractivity (Wildman–Crippen MR) is 100 cm³/mol. The number of aromatic nitrogens is 2. The van der Waals surface area contributed by atoms with Gasteiger partial charge < -0.3 is 15.4 Å². The van der Waals surface area contributed by atoms with Crippen LogP contribution in [-0.2, 0) is 14.9 Å². The van der Waals surface area contributed by atoms with Crippen molar-refractivity contribution in [3.05, 3.63) is 22.0 Å². The normalized spacial score (nSPS) is 18.3. The minimum absolute atomic E-state index is 0.114. The third-order valence-electron chi connectivity index (χ3n) is 4.51. The zero-order valence-corrected chi connectivity index (χ0v) is 16.6. The van der Waals surface area contributed by atoms with Gasteiger partial charge in [0.05, 0.1) is 23.7 Å². The van der Waals surface area contributed by atoms with Gasteiger partial charge in [-0.1, -0.05) is 20.8 Å². The molecule has 140 valence electrons. The number of carbonyl (C=O) groups excluding carboxylic acids is 2. The van der Waals surface area contributed by atoms with Crippen molar-refractivity contribution in [2.75, 3.05) is 19.7 Å². The third-order valence-corrected chi connectivity index (χ3v) is 5.68. The molecule has 3 rings (SSSR count). The van der Waals surface area contributed by atoms with Crippen LogP contribution in [0.4, 0.5) is 0 Å². The third kappa shape index (κ3) is 3.31. The first-order valence-electron chi connectivity index (χ1n) is 8.58. The molecule has 2 amide bonds. The van der Waals surface area contributed by atoms with Gasteiger partial charge in [0.2, 0.25) is 5.91 Å². The van der Waals surface area contributed by atoms with Crippen molar-refractivity contribution in [2.24, 2.45) is 5.73 Å². The Morgan fingerprint density at radius 1 is 1.27 bits per heavy atom. The molecule has 0 bridgehead atoms. The number of nitrogens with zero attached hydrogens (tertiary/aromatic N) is 3. The molecule has 0 spiro atoms. The number of hydrogen-bond acceptors (Lipinski definition) is 6. The number of hydrogen-bond donors (Lipinski definition) is 1. The van der Waals surface area contributed by atoms with Gasteiger partial charge in [-0.3, -0.25) is 9.59 Å². The molecule has 0 radical (unpaired) electrons. The van der Waals surface area contributed by atoms with E-state index < -0.39 is 12.0 Å². The molecular weight excluding hydrogens is 352 g/mol. The molecule has 1 aliphatic rings. The van der Waals surface area contributed by atoms with Gasteiger partial charge in [-0.2, -0.15) is 0 Å². The van der Waals surface area contributed by atoms with Crippen LogP contribution in [0, 0.1) is 13.8 Å². The molecule has 1 atom stereocenters. The zero-order valence-electron chi connectivity index (χ0n) is 15.8. The van der Waals surface area contributed by atoms with Gasteiger partial charge in [-0.05, 0) is 19.4 Å². The minimum Gasteiger partial charge on any atom is -0.367 e. The van der Waals surface area contributed by atoms with E-state index in [9.17, 15) is 9.59 Å². The van der Waals surface area contributed by atoms with E-state index in [0.717, 1.165) is 27.3 Å². The molecular formula is C18H24N4O3S. The first-order chi connectivity index (χ1) is 12.1. The average molecular weight is 376 g/mol. The lowest BCUT2D eigenvalue weighted by Crippen LogP contribution is -2.50. The molecule has 2 aromatic rings. The Morgan fingerprint density at radius 3 is 2.58 bits per heavy atom. The van der Waals surface area contributed by atoms with Crippen molar-refractivity contribution < 1.29 is 14.3 Å². The predicted octanol–water partition coefficient (Wildman–Crippen LogP) is 1.93. The molecule has 1 fully saturated rings. The highest BCUT2D eigenvalue weighted by molar-refractivity contribution is 7.20. The van der Waals surface area contributed by atoms with E-state index in [1.807, 2.05) is 13.8 Å². The quantitative estimate of drug-likeness (QED) is 0.863. The lowest BCUT2D eigenvalue weighted by Gasteiger charge is -2.31. The van der Waals surface area contributed by atoms with Crippen LogP contribution >= 0.6 is 11.3 Å². The molecule has 0 saturated carbocycles. The fourth-order valence-electron chi connectivity index (χ4n) is 3.03. The smallest absolute Gasteiger partial charge is 0.264 e. The fourth-order valence-corrected chi connectivity index (χ4v) is 4.23. The van der Waals surface area contributed by atoms with Gasteiger partial charge in [0.25, 0.3) is 5.91 Å². The maximum absolute atomic E-state index is 13.0. The van der Waals surface area contributed by atoms with Gasteiger partial charge in [0.1, 0.15) is 10.7 Å². The monoisotopic (exact) mass is 376 g/mol. The first-order valence-corrected chi connectivity index (χ1v) is 9.39. The van der Waals surface area contributed by atoms with Gasteiger partial charge in [-0.15, -0.1) is 11.3 Å². The maximum atomic E-state index is 13.0. The Hall–Kier alpha value is -2.06. The molecule has 7 nitrogen and oxygen atoms in total. The Morgan fingerprint density at radius 2 is 1.96 bits per heavy atom. The number of primary amides is 1. The number of aryl methyl sites for hydroxylation is 2. The molecule has 8 heteroatoms. The summed E-state index contributed by atoms with van der Waals surface area (Å²) in [6, 6.07) is 0. The Labute approximate surface area is 156 Å². The van der Waals surface area contributed by atoms with Crippen molar-refractivity contribution in [1.29, 1.82) is 0 Å². The van der Waals surface area contributed by atoms with E-state index in [2.05, 4.69) is 25.8 Å². The Kier molecular flexibility index (Phi) is 4.74. The highest BCUT2D eigenvalue weighted by atomic mass is 32.1. The number of ether oxygens (including phenoxy) is 1. The summed E-state index contributed by atoms with van der Waals surface area (Å²) in [5.41, 5.74) is 6.92. The molecule has 26 heavy (non-hydrogen) atoms. The van der Waals surface area contributed by atoms with Crippen molar-refractivity contribution in [3.8, 4) is 0 Å². The summed E-state index contributed by atoms with van der Waals surface area (Å²) in [7, 11) is 0. The van der Waals surface area contributed by atoms with Gasteiger partial charge in [-0.25, -0.2) is 9.97 Å². The minimum atomic E-state index is -0.753. The van der Waals surface area contributed by atoms with Crippen LogP contribution in [0.25, 0.3) is 10.2 Å². The molecule has 2 aromatic heterocycles. The zero-order chi connectivity index (χ0) is 19.2. The molecule has 0 unspecified atom stereocenters. The summed E-state index contributed by atoms with van der Waals surface area (Å²) < 4.78 is 5.33. The van der Waals surface area contributed by atoms with Crippen LogP contribution in [-0.4, -0.2) is 52.5 Å². The van der Waals surface area contributed by atoms with Crippen LogP contribution in [0.2, 0.25) is 0 Å². The van der Waals surface area contributed by atoms with E-state index in [1.165, 1.54) is 11.3 Å². The standard InChI is InChI=1S/C18H24N4O3S/c1-9-12-10(2)20-17(18(3,4)5)21-15(12)26-13(9)16(24)22-6-7-25-11(8-22)14(19)23/h11H,6-8H2,1-5H3,(H2,19,23)/t11-/m1/s1. The van der Waals surface area contributed by atoms with E-state index in [4.69, 9.17) is 15.5 Å².